The van der Waals surface area contributed by atoms with Gasteiger partial charge in [0.1, 0.15) is 12.4 Å². The Balaban J connectivity index is 1.35. The molecule has 5 nitrogen and oxygen atoms in total. The Morgan fingerprint density at radius 2 is 1.53 bits per heavy atom. The monoisotopic (exact) mass is 454 g/mol. The van der Waals surface area contributed by atoms with Gasteiger partial charge in [0.25, 0.3) is 5.91 Å². The van der Waals surface area contributed by atoms with E-state index in [1.807, 2.05) is 52.3 Å². The molecule has 0 aromatic heterocycles. The van der Waals surface area contributed by atoms with Gasteiger partial charge in [-0.2, -0.15) is 0 Å². The summed E-state index contributed by atoms with van der Waals surface area (Å²) in [5, 5.41) is 0.645. The first-order chi connectivity index (χ1) is 15.5. The van der Waals surface area contributed by atoms with Gasteiger partial charge in [-0.3, -0.25) is 9.59 Å². The topological polar surface area (TPSA) is 49.9 Å². The molecule has 0 spiro atoms. The molecule has 0 bridgehead atoms. The molecule has 2 aliphatic heterocycles. The van der Waals surface area contributed by atoms with E-state index in [9.17, 15) is 9.59 Å². The molecule has 2 aliphatic rings. The van der Waals surface area contributed by atoms with Gasteiger partial charge in [0, 0.05) is 42.7 Å². The molecule has 2 heterocycles. The number of carbonyl (C=O) groups excluding carboxylic acids is 2. The average Bonchev–Trinajstić information content (AvgIpc) is 2.83. The quantitative estimate of drug-likeness (QED) is 0.636. The predicted molar refractivity (Wildman–Crippen MR) is 126 cm³/mol. The number of hydrogen-bond donors (Lipinski definition) is 0. The molecule has 0 N–H and O–H groups in total. The molecule has 2 saturated heterocycles. The first kappa shape index (κ1) is 22.7. The lowest BCUT2D eigenvalue weighted by Gasteiger charge is -2.36. The molecule has 4 rings (SSSR count). The number of ether oxygens (including phenoxy) is 1. The number of halogens is 1. The molecule has 0 unspecified atom stereocenters. The van der Waals surface area contributed by atoms with Crippen molar-refractivity contribution in [1.29, 1.82) is 0 Å². The van der Waals surface area contributed by atoms with Crippen molar-refractivity contribution in [2.24, 2.45) is 11.8 Å². The van der Waals surface area contributed by atoms with Crippen LogP contribution >= 0.6 is 11.6 Å². The second-order valence-corrected chi connectivity index (χ2v) is 9.36. The molecule has 2 aromatic carbocycles. The maximum Gasteiger partial charge on any atom is 0.257 e. The molecule has 2 fully saturated rings. The van der Waals surface area contributed by atoms with Crippen LogP contribution in [0.15, 0.2) is 48.5 Å². The van der Waals surface area contributed by atoms with Crippen molar-refractivity contribution in [3.63, 3.8) is 0 Å². The highest BCUT2D eigenvalue weighted by Gasteiger charge is 2.32. The summed E-state index contributed by atoms with van der Waals surface area (Å²) in [5.74, 6) is 1.51. The Morgan fingerprint density at radius 1 is 0.906 bits per heavy atom. The largest absolute Gasteiger partial charge is 0.488 e. The van der Waals surface area contributed by atoms with E-state index in [2.05, 4.69) is 6.92 Å². The van der Waals surface area contributed by atoms with E-state index in [0.29, 0.717) is 41.9 Å². The Bertz CT molecular complexity index is 948. The normalized spacial score (nSPS) is 17.9. The van der Waals surface area contributed by atoms with Gasteiger partial charge in [-0.15, -0.1) is 0 Å². The summed E-state index contributed by atoms with van der Waals surface area (Å²) < 4.78 is 5.97. The number of nitrogens with zero attached hydrogens (tertiary/aromatic N) is 2. The Hall–Kier alpha value is -2.53. The summed E-state index contributed by atoms with van der Waals surface area (Å²) in [7, 11) is 0. The number of para-hydroxylation sites is 1. The molecule has 0 radical (unpaired) electrons. The summed E-state index contributed by atoms with van der Waals surface area (Å²) in [4.78, 5) is 30.0. The minimum Gasteiger partial charge on any atom is -0.488 e. The van der Waals surface area contributed by atoms with Crippen molar-refractivity contribution < 1.29 is 14.3 Å². The van der Waals surface area contributed by atoms with Crippen molar-refractivity contribution in [2.45, 2.75) is 39.2 Å². The molecule has 2 aromatic rings. The SMILES string of the molecule is CC1CCN(C(=O)C2CCN(C(=O)c3ccccc3OCc3ccccc3Cl)CC2)CC1. The van der Waals surface area contributed by atoms with Crippen LogP contribution in [-0.4, -0.2) is 47.8 Å². The fourth-order valence-electron chi connectivity index (χ4n) is 4.53. The van der Waals surface area contributed by atoms with Crippen LogP contribution < -0.4 is 4.74 Å². The summed E-state index contributed by atoms with van der Waals surface area (Å²) in [6.07, 6.45) is 3.63. The van der Waals surface area contributed by atoms with Gasteiger partial charge in [0.15, 0.2) is 0 Å². The first-order valence-electron chi connectivity index (χ1n) is 11.6. The van der Waals surface area contributed by atoms with Crippen molar-refractivity contribution in [1.82, 2.24) is 9.80 Å². The average molecular weight is 455 g/mol. The second-order valence-electron chi connectivity index (χ2n) is 8.95. The molecule has 32 heavy (non-hydrogen) atoms. The van der Waals surface area contributed by atoms with E-state index >= 15 is 0 Å². The Morgan fingerprint density at radius 3 is 2.25 bits per heavy atom. The van der Waals surface area contributed by atoms with Crippen LogP contribution in [0.1, 0.15) is 48.5 Å². The summed E-state index contributed by atoms with van der Waals surface area (Å²) in [6, 6.07) is 14.9. The lowest BCUT2D eigenvalue weighted by atomic mass is 9.92. The standard InChI is InChI=1S/C26H31ClN2O3/c1-19-10-14-28(15-11-19)25(30)20-12-16-29(17-13-20)26(31)22-7-3-5-9-24(22)32-18-21-6-2-4-8-23(21)27/h2-9,19-20H,10-18H2,1H3. The molecule has 0 atom stereocenters. The summed E-state index contributed by atoms with van der Waals surface area (Å²) in [6.45, 7) is 5.48. The zero-order valence-corrected chi connectivity index (χ0v) is 19.4. The van der Waals surface area contributed by atoms with Crippen LogP contribution in [-0.2, 0) is 11.4 Å². The molecule has 170 valence electrons. The van der Waals surface area contributed by atoms with Gasteiger partial charge in [-0.05, 0) is 49.8 Å². The second kappa shape index (κ2) is 10.4. The fourth-order valence-corrected chi connectivity index (χ4v) is 4.72. The van der Waals surface area contributed by atoms with Crippen LogP contribution in [0.3, 0.4) is 0 Å². The first-order valence-corrected chi connectivity index (χ1v) is 11.9. The zero-order chi connectivity index (χ0) is 22.5. The van der Waals surface area contributed by atoms with Gasteiger partial charge in [0.05, 0.1) is 5.56 Å². The Kier molecular flexibility index (Phi) is 7.36. The van der Waals surface area contributed by atoms with Gasteiger partial charge in [-0.25, -0.2) is 0 Å². The van der Waals surface area contributed by atoms with E-state index in [-0.39, 0.29) is 17.7 Å². The lowest BCUT2D eigenvalue weighted by Crippen LogP contribution is -2.46. The number of hydrogen-bond acceptors (Lipinski definition) is 3. The van der Waals surface area contributed by atoms with Crippen LogP contribution in [0.25, 0.3) is 0 Å². The van der Waals surface area contributed by atoms with Gasteiger partial charge in [-0.1, -0.05) is 48.9 Å². The minimum absolute atomic E-state index is 0.0270. The summed E-state index contributed by atoms with van der Waals surface area (Å²) in [5.41, 5.74) is 1.43. The third-order valence-electron chi connectivity index (χ3n) is 6.69. The van der Waals surface area contributed by atoms with E-state index in [4.69, 9.17) is 16.3 Å². The number of benzene rings is 2. The number of amides is 2. The fraction of sp³-hybridized carbons (Fsp3) is 0.462. The van der Waals surface area contributed by atoms with E-state index in [1.165, 1.54) is 0 Å². The van der Waals surface area contributed by atoms with Gasteiger partial charge < -0.3 is 14.5 Å². The highest BCUT2D eigenvalue weighted by atomic mass is 35.5. The third-order valence-corrected chi connectivity index (χ3v) is 7.05. The van der Waals surface area contributed by atoms with Gasteiger partial charge in [0.2, 0.25) is 5.91 Å². The van der Waals surface area contributed by atoms with E-state index < -0.39 is 0 Å². The highest BCUT2D eigenvalue weighted by molar-refractivity contribution is 6.31. The Labute approximate surface area is 195 Å². The molecule has 0 aliphatic carbocycles. The van der Waals surface area contributed by atoms with Crippen LogP contribution in [0.2, 0.25) is 5.02 Å². The summed E-state index contributed by atoms with van der Waals surface area (Å²) >= 11 is 6.23. The predicted octanol–water partition coefficient (Wildman–Crippen LogP) is 5.03. The number of likely N-dealkylation sites (tertiary alicyclic amines) is 2. The van der Waals surface area contributed by atoms with Crippen LogP contribution in [0.5, 0.6) is 5.75 Å². The lowest BCUT2D eigenvalue weighted by molar-refractivity contribution is -0.138. The van der Waals surface area contributed by atoms with Crippen LogP contribution in [0, 0.1) is 11.8 Å². The van der Waals surface area contributed by atoms with E-state index in [0.717, 1.165) is 44.3 Å². The molecule has 6 heteroatoms. The maximum atomic E-state index is 13.2. The van der Waals surface area contributed by atoms with Gasteiger partial charge >= 0.3 is 0 Å². The van der Waals surface area contributed by atoms with Crippen LogP contribution in [0.4, 0.5) is 0 Å². The third kappa shape index (κ3) is 5.26. The molecule has 0 saturated carbocycles. The van der Waals surface area contributed by atoms with Crippen molar-refractivity contribution >= 4 is 23.4 Å². The van der Waals surface area contributed by atoms with Crippen molar-refractivity contribution in [2.75, 3.05) is 26.2 Å². The highest BCUT2D eigenvalue weighted by Crippen LogP contribution is 2.27. The molecular formula is C26H31ClN2O3. The smallest absolute Gasteiger partial charge is 0.257 e. The van der Waals surface area contributed by atoms with E-state index in [1.54, 1.807) is 6.07 Å². The zero-order valence-electron chi connectivity index (χ0n) is 18.6. The number of carbonyl (C=O) groups is 2. The van der Waals surface area contributed by atoms with Crippen molar-refractivity contribution in [3.8, 4) is 5.75 Å². The maximum absolute atomic E-state index is 13.2. The number of piperidine rings is 2. The van der Waals surface area contributed by atoms with Crippen molar-refractivity contribution in [3.05, 3.63) is 64.7 Å². The number of rotatable bonds is 5. The molecular weight excluding hydrogens is 424 g/mol. The molecule has 2 amide bonds. The minimum atomic E-state index is -0.0440.